The van der Waals surface area contributed by atoms with Gasteiger partial charge in [0, 0.05) is 43.2 Å². The van der Waals surface area contributed by atoms with E-state index in [0.29, 0.717) is 12.8 Å². The molecule has 3 atom stereocenters. The van der Waals surface area contributed by atoms with Crippen molar-refractivity contribution in [1.82, 2.24) is 0 Å². The Balaban J connectivity index is 1.67. The summed E-state index contributed by atoms with van der Waals surface area (Å²) in [5, 5.41) is 3.59. The molecule has 5 heteroatoms. The smallest absolute Gasteiger partial charge is 0.227 e. The van der Waals surface area contributed by atoms with E-state index in [1.54, 1.807) is 0 Å². The number of rotatable bonds is 6. The van der Waals surface area contributed by atoms with Crippen LogP contribution in [0.2, 0.25) is 0 Å². The van der Waals surface area contributed by atoms with E-state index >= 15 is 0 Å². The second kappa shape index (κ2) is 10.6. The van der Waals surface area contributed by atoms with E-state index in [0.717, 1.165) is 47.0 Å². The van der Waals surface area contributed by atoms with Gasteiger partial charge in [0.05, 0.1) is 23.3 Å². The van der Waals surface area contributed by atoms with Gasteiger partial charge in [0.2, 0.25) is 5.91 Å². The Labute approximate surface area is 219 Å². The maximum atomic E-state index is 14.0. The lowest BCUT2D eigenvalue weighted by molar-refractivity contribution is -0.123. The molecule has 1 amide bonds. The molecule has 1 aliphatic heterocycles. The van der Waals surface area contributed by atoms with Crippen molar-refractivity contribution in [3.8, 4) is 0 Å². The Morgan fingerprint density at radius 3 is 2.24 bits per heavy atom. The molecule has 0 saturated carbocycles. The first-order chi connectivity index (χ1) is 18.0. The van der Waals surface area contributed by atoms with Crippen LogP contribution in [0.25, 0.3) is 0 Å². The van der Waals surface area contributed by atoms with Gasteiger partial charge in [0.25, 0.3) is 0 Å². The number of ketones is 1. The summed E-state index contributed by atoms with van der Waals surface area (Å²) in [6, 6.07) is 26.1. The van der Waals surface area contributed by atoms with Gasteiger partial charge >= 0.3 is 0 Å². The van der Waals surface area contributed by atoms with Crippen LogP contribution in [-0.4, -0.2) is 24.8 Å². The predicted octanol–water partition coefficient (Wildman–Crippen LogP) is 6.70. The largest absolute Gasteiger partial charge is 0.372 e. The molecule has 3 aromatic rings. The zero-order chi connectivity index (χ0) is 25.9. The highest BCUT2D eigenvalue weighted by Gasteiger charge is 2.44. The first-order valence-corrected chi connectivity index (χ1v) is 13.4. The fraction of sp³-hybridized carbons (Fsp3) is 0.312. The minimum atomic E-state index is -0.470. The van der Waals surface area contributed by atoms with Gasteiger partial charge in [-0.15, -0.1) is 0 Å². The molecule has 37 heavy (non-hydrogen) atoms. The molecule has 1 heterocycles. The lowest BCUT2D eigenvalue weighted by Crippen LogP contribution is -2.42. The van der Waals surface area contributed by atoms with Crippen molar-refractivity contribution in [2.45, 2.75) is 45.6 Å². The Morgan fingerprint density at radius 2 is 1.57 bits per heavy atom. The standard InChI is InChI=1S/C32H35N3O2/c1-4-30(37)35-28-15-11-10-14-26(28)33-27-20-24(22-12-8-7-9-13-22)21-29(36)31(27)32(35)23-16-18-25(19-17-23)34(5-2)6-3/h7-20,24,31-33H,4-6,21H2,1-3H3/t24-,31+,32+/m1/s1. The predicted molar refractivity (Wildman–Crippen MR) is 151 cm³/mol. The van der Waals surface area contributed by atoms with E-state index in [9.17, 15) is 9.59 Å². The van der Waals surface area contributed by atoms with E-state index in [4.69, 9.17) is 0 Å². The summed E-state index contributed by atoms with van der Waals surface area (Å²) in [5.74, 6) is -0.314. The molecule has 0 saturated heterocycles. The van der Waals surface area contributed by atoms with Gasteiger partial charge in [-0.2, -0.15) is 0 Å². The van der Waals surface area contributed by atoms with Crippen molar-refractivity contribution in [2.75, 3.05) is 28.2 Å². The minimum absolute atomic E-state index is 0.00117. The molecule has 1 N–H and O–H groups in total. The summed E-state index contributed by atoms with van der Waals surface area (Å²) < 4.78 is 0. The summed E-state index contributed by atoms with van der Waals surface area (Å²) in [6.07, 6.45) is 2.97. The summed E-state index contributed by atoms with van der Waals surface area (Å²) in [7, 11) is 0. The number of amides is 1. The maximum Gasteiger partial charge on any atom is 0.227 e. The third-order valence-electron chi connectivity index (χ3n) is 7.68. The molecular formula is C32H35N3O2. The topological polar surface area (TPSA) is 52.7 Å². The molecule has 0 unspecified atom stereocenters. The molecular weight excluding hydrogens is 458 g/mol. The highest BCUT2D eigenvalue weighted by atomic mass is 16.2. The van der Waals surface area contributed by atoms with Crippen molar-refractivity contribution >= 4 is 28.8 Å². The molecule has 5 nitrogen and oxygen atoms in total. The number of para-hydroxylation sites is 2. The van der Waals surface area contributed by atoms with E-state index in [-0.39, 0.29) is 17.6 Å². The van der Waals surface area contributed by atoms with Crippen LogP contribution in [-0.2, 0) is 9.59 Å². The van der Waals surface area contributed by atoms with Crippen LogP contribution < -0.4 is 15.1 Å². The number of benzene rings is 3. The normalized spacial score (nSPS) is 20.7. The molecule has 5 rings (SSSR count). The molecule has 0 radical (unpaired) electrons. The Morgan fingerprint density at radius 1 is 0.892 bits per heavy atom. The van der Waals surface area contributed by atoms with Gasteiger partial charge in [-0.3, -0.25) is 9.59 Å². The van der Waals surface area contributed by atoms with E-state index < -0.39 is 12.0 Å². The molecule has 0 fully saturated rings. The summed E-state index contributed by atoms with van der Waals surface area (Å²) in [4.78, 5) is 31.7. The van der Waals surface area contributed by atoms with Gasteiger partial charge in [-0.05, 0) is 49.2 Å². The van der Waals surface area contributed by atoms with E-state index in [2.05, 4.69) is 66.5 Å². The number of carbonyl (C=O) groups is 2. The summed E-state index contributed by atoms with van der Waals surface area (Å²) in [5.41, 5.74) is 5.78. The van der Waals surface area contributed by atoms with Crippen molar-refractivity contribution in [2.24, 2.45) is 5.92 Å². The number of Topliss-reactive ketones (excluding diaryl/α,β-unsaturated/α-hetero) is 1. The van der Waals surface area contributed by atoms with Crippen LogP contribution in [0.4, 0.5) is 17.1 Å². The quantitative estimate of drug-likeness (QED) is 0.415. The third-order valence-corrected chi connectivity index (χ3v) is 7.68. The second-order valence-electron chi connectivity index (χ2n) is 9.76. The minimum Gasteiger partial charge on any atom is -0.372 e. The van der Waals surface area contributed by atoms with Gasteiger partial charge < -0.3 is 15.1 Å². The molecule has 3 aromatic carbocycles. The van der Waals surface area contributed by atoms with Crippen LogP contribution in [0.1, 0.15) is 56.7 Å². The molecule has 1 aliphatic carbocycles. The zero-order valence-electron chi connectivity index (χ0n) is 21.9. The average molecular weight is 494 g/mol. The van der Waals surface area contributed by atoms with Crippen LogP contribution in [0.3, 0.4) is 0 Å². The highest BCUT2D eigenvalue weighted by Crippen LogP contribution is 2.48. The first-order valence-electron chi connectivity index (χ1n) is 13.4. The number of allylic oxidation sites excluding steroid dienone is 1. The second-order valence-corrected chi connectivity index (χ2v) is 9.76. The number of anilines is 3. The summed E-state index contributed by atoms with van der Waals surface area (Å²) >= 11 is 0. The van der Waals surface area contributed by atoms with Crippen LogP contribution in [0, 0.1) is 5.92 Å². The van der Waals surface area contributed by atoms with E-state index in [1.807, 2.05) is 54.3 Å². The number of nitrogens with zero attached hydrogens (tertiary/aromatic N) is 2. The fourth-order valence-corrected chi connectivity index (χ4v) is 5.79. The maximum absolute atomic E-state index is 14.0. The number of nitrogens with one attached hydrogen (secondary N) is 1. The Bertz CT molecular complexity index is 1300. The summed E-state index contributed by atoms with van der Waals surface area (Å²) in [6.45, 7) is 8.02. The van der Waals surface area contributed by atoms with Crippen molar-refractivity contribution in [3.63, 3.8) is 0 Å². The van der Waals surface area contributed by atoms with Crippen molar-refractivity contribution in [1.29, 1.82) is 0 Å². The third kappa shape index (κ3) is 4.66. The van der Waals surface area contributed by atoms with Gasteiger partial charge in [-0.1, -0.05) is 67.6 Å². The fourth-order valence-electron chi connectivity index (χ4n) is 5.79. The molecule has 0 spiro atoms. The zero-order valence-corrected chi connectivity index (χ0v) is 21.9. The van der Waals surface area contributed by atoms with Crippen LogP contribution in [0.15, 0.2) is 90.6 Å². The molecule has 2 aliphatic rings. The van der Waals surface area contributed by atoms with E-state index in [1.165, 1.54) is 0 Å². The lowest BCUT2D eigenvalue weighted by Gasteiger charge is -2.37. The lowest BCUT2D eigenvalue weighted by atomic mass is 9.76. The Kier molecular flexibility index (Phi) is 7.13. The molecule has 0 bridgehead atoms. The van der Waals surface area contributed by atoms with Crippen LogP contribution >= 0.6 is 0 Å². The highest BCUT2D eigenvalue weighted by molar-refractivity contribution is 6.01. The number of carbonyl (C=O) groups excluding carboxylic acids is 2. The number of hydrogen-bond acceptors (Lipinski definition) is 4. The van der Waals surface area contributed by atoms with Gasteiger partial charge in [0.1, 0.15) is 5.78 Å². The van der Waals surface area contributed by atoms with Crippen molar-refractivity contribution in [3.05, 3.63) is 102 Å². The van der Waals surface area contributed by atoms with Gasteiger partial charge in [-0.25, -0.2) is 0 Å². The van der Waals surface area contributed by atoms with Crippen molar-refractivity contribution < 1.29 is 9.59 Å². The molecule has 0 aromatic heterocycles. The number of hydrogen-bond donors (Lipinski definition) is 1. The SMILES string of the molecule is CCC(=O)N1c2ccccc2NC2=C[C@@H](c3ccccc3)CC(=O)[C@H]2[C@@H]1c1ccc(N(CC)CC)cc1. The van der Waals surface area contributed by atoms with Crippen LogP contribution in [0.5, 0.6) is 0 Å². The average Bonchev–Trinajstić information content (AvgIpc) is 3.09. The number of fused-ring (bicyclic) bond motifs is 2. The molecule has 190 valence electrons. The first kappa shape index (κ1) is 24.8. The Hall–Kier alpha value is -3.86. The monoisotopic (exact) mass is 493 g/mol. The van der Waals surface area contributed by atoms with Gasteiger partial charge in [0.15, 0.2) is 0 Å².